The molecule has 0 bridgehead atoms. The Morgan fingerprint density at radius 2 is 1.88 bits per heavy atom. The Kier molecular flexibility index (Phi) is 6.38. The van der Waals surface area contributed by atoms with Gasteiger partial charge >= 0.3 is 5.69 Å². The zero-order valence-electron chi connectivity index (χ0n) is 19.9. The fourth-order valence-corrected chi connectivity index (χ4v) is 5.27. The van der Waals surface area contributed by atoms with Crippen molar-refractivity contribution in [2.24, 2.45) is 0 Å². The van der Waals surface area contributed by atoms with Gasteiger partial charge in [0.15, 0.2) is 5.82 Å². The molecule has 0 radical (unpaired) electrons. The number of tetrazole rings is 1. The standard InChI is InChI=1S/C26H31N7O/c1-3-8-23-18(2)33(21-9-5-4-6-10-21)26(34)32(23)17-19-12-14-20(15-13-19)22-11-7-16-27-24(22)25-28-30-31-29-25/h7,11-16,21H,3-6,8-10,17H2,1-2H3,(H,28,29,30,31). The lowest BCUT2D eigenvalue weighted by molar-refractivity contribution is 0.340. The lowest BCUT2D eigenvalue weighted by Gasteiger charge is -2.23. The van der Waals surface area contributed by atoms with E-state index in [4.69, 9.17) is 0 Å². The van der Waals surface area contributed by atoms with Crippen LogP contribution in [0.25, 0.3) is 22.6 Å². The second-order valence-corrected chi connectivity index (χ2v) is 9.16. The summed E-state index contributed by atoms with van der Waals surface area (Å²) >= 11 is 0. The SMILES string of the molecule is CCCc1c(C)n(C2CCCCC2)c(=O)n1Cc1ccc(-c2cccnc2-c2nnn[nH]2)cc1. The van der Waals surface area contributed by atoms with Gasteiger partial charge in [-0.25, -0.2) is 9.89 Å². The van der Waals surface area contributed by atoms with Crippen LogP contribution in [-0.4, -0.2) is 34.7 Å². The Labute approximate surface area is 199 Å². The summed E-state index contributed by atoms with van der Waals surface area (Å²) in [6.45, 7) is 4.89. The second kappa shape index (κ2) is 9.75. The first-order valence-electron chi connectivity index (χ1n) is 12.3. The van der Waals surface area contributed by atoms with Crippen LogP contribution in [0.2, 0.25) is 0 Å². The van der Waals surface area contributed by atoms with E-state index in [2.05, 4.69) is 68.3 Å². The summed E-state index contributed by atoms with van der Waals surface area (Å²) in [7, 11) is 0. The van der Waals surface area contributed by atoms with Gasteiger partial charge in [0.2, 0.25) is 0 Å². The second-order valence-electron chi connectivity index (χ2n) is 9.16. The van der Waals surface area contributed by atoms with Crippen molar-refractivity contribution >= 4 is 0 Å². The maximum absolute atomic E-state index is 13.5. The third kappa shape index (κ3) is 4.20. The highest BCUT2D eigenvalue weighted by Crippen LogP contribution is 2.30. The molecule has 0 spiro atoms. The molecule has 1 aliphatic rings. The molecule has 34 heavy (non-hydrogen) atoms. The molecule has 8 nitrogen and oxygen atoms in total. The van der Waals surface area contributed by atoms with E-state index in [-0.39, 0.29) is 5.69 Å². The predicted molar refractivity (Wildman–Crippen MR) is 131 cm³/mol. The Morgan fingerprint density at radius 1 is 1.09 bits per heavy atom. The number of benzene rings is 1. The Hall–Kier alpha value is -3.55. The van der Waals surface area contributed by atoms with Crippen molar-refractivity contribution in [3.05, 3.63) is 70.0 Å². The van der Waals surface area contributed by atoms with Gasteiger partial charge in [-0.1, -0.05) is 62.9 Å². The molecule has 5 rings (SSSR count). The molecule has 3 aromatic heterocycles. The van der Waals surface area contributed by atoms with Crippen LogP contribution in [0.4, 0.5) is 0 Å². The fraction of sp³-hybridized carbons (Fsp3) is 0.423. The highest BCUT2D eigenvalue weighted by Gasteiger charge is 2.24. The number of nitrogens with one attached hydrogen (secondary N) is 1. The first-order chi connectivity index (χ1) is 16.7. The number of nitrogens with zero attached hydrogens (tertiary/aromatic N) is 6. The van der Waals surface area contributed by atoms with E-state index < -0.39 is 0 Å². The van der Waals surface area contributed by atoms with Crippen molar-refractivity contribution in [3.63, 3.8) is 0 Å². The molecular weight excluding hydrogens is 426 g/mol. The van der Waals surface area contributed by atoms with Crippen molar-refractivity contribution in [1.82, 2.24) is 34.7 Å². The average Bonchev–Trinajstić information content (AvgIpc) is 3.49. The molecule has 0 saturated heterocycles. The van der Waals surface area contributed by atoms with Crippen molar-refractivity contribution in [2.45, 2.75) is 71.4 Å². The van der Waals surface area contributed by atoms with E-state index in [1.54, 1.807) is 6.20 Å². The molecule has 0 unspecified atom stereocenters. The Balaban J connectivity index is 1.46. The van der Waals surface area contributed by atoms with Gasteiger partial charge in [0, 0.05) is 29.2 Å². The van der Waals surface area contributed by atoms with Crippen LogP contribution in [0, 0.1) is 6.92 Å². The third-order valence-electron chi connectivity index (χ3n) is 6.95. The van der Waals surface area contributed by atoms with Gasteiger partial charge in [-0.3, -0.25) is 14.1 Å². The molecule has 1 aliphatic carbocycles. The molecule has 0 amide bonds. The molecule has 8 heteroatoms. The molecule has 4 aromatic rings. The van der Waals surface area contributed by atoms with Gasteiger partial charge in [-0.05, 0) is 53.8 Å². The van der Waals surface area contributed by atoms with Crippen LogP contribution in [0.5, 0.6) is 0 Å². The van der Waals surface area contributed by atoms with E-state index in [1.807, 2.05) is 16.7 Å². The fourth-order valence-electron chi connectivity index (χ4n) is 5.27. The largest absolute Gasteiger partial charge is 0.329 e. The van der Waals surface area contributed by atoms with Crippen molar-refractivity contribution in [1.29, 1.82) is 0 Å². The summed E-state index contributed by atoms with van der Waals surface area (Å²) in [6.07, 6.45) is 9.61. The number of aromatic nitrogens is 7. The molecule has 3 heterocycles. The smallest absolute Gasteiger partial charge is 0.293 e. The number of rotatable bonds is 7. The summed E-state index contributed by atoms with van der Waals surface area (Å²) in [4.78, 5) is 18.0. The summed E-state index contributed by atoms with van der Waals surface area (Å²) in [5, 5.41) is 14.2. The van der Waals surface area contributed by atoms with Gasteiger partial charge < -0.3 is 0 Å². The minimum absolute atomic E-state index is 0.143. The summed E-state index contributed by atoms with van der Waals surface area (Å²) in [5.74, 6) is 0.537. The molecule has 1 aromatic carbocycles. The van der Waals surface area contributed by atoms with Crippen molar-refractivity contribution in [2.75, 3.05) is 0 Å². The average molecular weight is 458 g/mol. The minimum Gasteiger partial charge on any atom is -0.293 e. The number of aromatic amines is 1. The third-order valence-corrected chi connectivity index (χ3v) is 6.95. The summed E-state index contributed by atoms with van der Waals surface area (Å²) < 4.78 is 4.09. The maximum Gasteiger partial charge on any atom is 0.329 e. The number of H-pyrrole nitrogens is 1. The predicted octanol–water partition coefficient (Wildman–Crippen LogP) is 4.71. The van der Waals surface area contributed by atoms with Crippen molar-refractivity contribution in [3.8, 4) is 22.6 Å². The highest BCUT2D eigenvalue weighted by molar-refractivity contribution is 5.77. The maximum atomic E-state index is 13.5. The topological polar surface area (TPSA) is 94.3 Å². The summed E-state index contributed by atoms with van der Waals surface area (Å²) in [6, 6.07) is 12.6. The van der Waals surface area contributed by atoms with Crippen LogP contribution >= 0.6 is 0 Å². The lowest BCUT2D eigenvalue weighted by atomic mass is 9.95. The van der Waals surface area contributed by atoms with E-state index in [1.165, 1.54) is 25.0 Å². The van der Waals surface area contributed by atoms with E-state index >= 15 is 0 Å². The van der Waals surface area contributed by atoms with Gasteiger partial charge in [0.25, 0.3) is 0 Å². The Bertz CT molecular complexity index is 1300. The van der Waals surface area contributed by atoms with Crippen LogP contribution in [-0.2, 0) is 13.0 Å². The van der Waals surface area contributed by atoms with Gasteiger partial charge in [0.1, 0.15) is 5.69 Å². The van der Waals surface area contributed by atoms with Crippen LogP contribution in [0.15, 0.2) is 47.4 Å². The van der Waals surface area contributed by atoms with E-state index in [0.29, 0.717) is 24.1 Å². The number of imidazole rings is 1. The monoisotopic (exact) mass is 457 g/mol. The lowest BCUT2D eigenvalue weighted by Crippen LogP contribution is -2.29. The van der Waals surface area contributed by atoms with Crippen LogP contribution in [0.3, 0.4) is 0 Å². The van der Waals surface area contributed by atoms with Crippen molar-refractivity contribution < 1.29 is 0 Å². The molecule has 1 saturated carbocycles. The van der Waals surface area contributed by atoms with E-state index in [9.17, 15) is 4.79 Å². The van der Waals surface area contributed by atoms with Gasteiger partial charge in [-0.2, -0.15) is 0 Å². The van der Waals surface area contributed by atoms with E-state index in [0.717, 1.165) is 48.1 Å². The normalized spacial score (nSPS) is 14.5. The van der Waals surface area contributed by atoms with Gasteiger partial charge in [0.05, 0.1) is 6.54 Å². The molecular formula is C26H31N7O. The number of pyridine rings is 1. The van der Waals surface area contributed by atoms with Gasteiger partial charge in [-0.15, -0.1) is 5.10 Å². The highest BCUT2D eigenvalue weighted by atomic mass is 16.1. The quantitative estimate of drug-likeness (QED) is 0.434. The molecule has 1 fully saturated rings. The zero-order chi connectivity index (χ0) is 23.5. The molecule has 0 atom stereocenters. The first kappa shape index (κ1) is 22.3. The zero-order valence-corrected chi connectivity index (χ0v) is 19.9. The Morgan fingerprint density at radius 3 is 2.59 bits per heavy atom. The summed E-state index contributed by atoms with van der Waals surface area (Å²) in [5.41, 5.74) is 6.27. The minimum atomic E-state index is 0.143. The van der Waals surface area contributed by atoms with Crippen LogP contribution in [0.1, 0.15) is 68.4 Å². The molecule has 1 N–H and O–H groups in total. The first-order valence-corrected chi connectivity index (χ1v) is 12.3. The van der Waals surface area contributed by atoms with Crippen LogP contribution < -0.4 is 5.69 Å². The molecule has 176 valence electrons. The number of hydrogen-bond acceptors (Lipinski definition) is 5. The molecule has 0 aliphatic heterocycles. The number of hydrogen-bond donors (Lipinski definition) is 1.